The lowest BCUT2D eigenvalue weighted by atomic mass is 9.73. The molecule has 0 aromatic carbocycles. The Balaban J connectivity index is 2.31. The van der Waals surface area contributed by atoms with Crippen molar-refractivity contribution < 1.29 is 4.79 Å². The van der Waals surface area contributed by atoms with Gasteiger partial charge in [-0.1, -0.05) is 26.7 Å². The minimum absolute atomic E-state index is 0.0918. The molecule has 1 saturated carbocycles. The van der Waals surface area contributed by atoms with E-state index in [4.69, 9.17) is 5.26 Å². The second-order valence-corrected chi connectivity index (χ2v) is 5.10. The first kappa shape index (κ1) is 13.0. The van der Waals surface area contributed by atoms with Crippen molar-refractivity contribution in [3.63, 3.8) is 0 Å². The van der Waals surface area contributed by atoms with Crippen molar-refractivity contribution in [1.82, 2.24) is 10.6 Å². The number of hydrogen-bond acceptors (Lipinski definition) is 3. The van der Waals surface area contributed by atoms with Gasteiger partial charge in [-0.25, -0.2) is 0 Å². The molecule has 1 amide bonds. The van der Waals surface area contributed by atoms with Crippen LogP contribution in [0.2, 0.25) is 0 Å². The molecule has 2 N–H and O–H groups in total. The predicted octanol–water partition coefficient (Wildman–Crippen LogP) is 1.18. The van der Waals surface area contributed by atoms with E-state index in [-0.39, 0.29) is 17.9 Å². The van der Waals surface area contributed by atoms with Crippen molar-refractivity contribution in [2.75, 3.05) is 13.1 Å². The Labute approximate surface area is 97.4 Å². The topological polar surface area (TPSA) is 64.9 Å². The third-order valence-electron chi connectivity index (χ3n) is 3.38. The van der Waals surface area contributed by atoms with Crippen LogP contribution in [0.1, 0.15) is 39.5 Å². The molecule has 16 heavy (non-hydrogen) atoms. The molecule has 0 saturated heterocycles. The Morgan fingerprint density at radius 2 is 2.25 bits per heavy atom. The number of hydrogen-bond donors (Lipinski definition) is 2. The molecule has 0 radical (unpaired) electrons. The van der Waals surface area contributed by atoms with Gasteiger partial charge in [0.05, 0.1) is 12.6 Å². The summed E-state index contributed by atoms with van der Waals surface area (Å²) < 4.78 is 0. The Hall–Kier alpha value is -1.08. The van der Waals surface area contributed by atoms with Crippen molar-refractivity contribution in [2.45, 2.75) is 45.6 Å². The maximum Gasteiger partial charge on any atom is 0.234 e. The molecular formula is C12H21N3O. The second kappa shape index (κ2) is 5.86. The third-order valence-corrected chi connectivity index (χ3v) is 3.38. The highest BCUT2D eigenvalue weighted by atomic mass is 16.1. The fraction of sp³-hybridized carbons (Fsp3) is 0.833. The van der Waals surface area contributed by atoms with Gasteiger partial charge in [-0.2, -0.15) is 5.26 Å². The first-order valence-corrected chi connectivity index (χ1v) is 5.93. The van der Waals surface area contributed by atoms with Crippen LogP contribution >= 0.6 is 0 Å². The van der Waals surface area contributed by atoms with Crippen LogP contribution in [0.15, 0.2) is 0 Å². The standard InChI is InChI=1S/C12H21N3O/c1-12(2)6-4-3-5-10(12)15-9-11(16)14-8-7-13/h10,15H,3-6,8-9H2,1-2H3,(H,14,16). The molecule has 0 aromatic heterocycles. The minimum atomic E-state index is -0.0945. The molecule has 0 spiro atoms. The third kappa shape index (κ3) is 3.82. The number of amides is 1. The van der Waals surface area contributed by atoms with E-state index in [1.54, 1.807) is 0 Å². The molecule has 90 valence electrons. The number of nitrogens with one attached hydrogen (secondary N) is 2. The van der Waals surface area contributed by atoms with Crippen molar-refractivity contribution in [2.24, 2.45) is 5.41 Å². The molecule has 0 heterocycles. The SMILES string of the molecule is CC1(C)CCCCC1NCC(=O)NCC#N. The molecule has 0 aliphatic heterocycles. The van der Waals surface area contributed by atoms with E-state index in [0.29, 0.717) is 12.6 Å². The lowest BCUT2D eigenvalue weighted by Crippen LogP contribution is -2.47. The minimum Gasteiger partial charge on any atom is -0.342 e. The Kier molecular flexibility index (Phi) is 4.75. The van der Waals surface area contributed by atoms with Gasteiger partial charge in [-0.05, 0) is 18.3 Å². The first-order valence-electron chi connectivity index (χ1n) is 5.93. The highest BCUT2D eigenvalue weighted by Crippen LogP contribution is 2.35. The van der Waals surface area contributed by atoms with Gasteiger partial charge in [0.15, 0.2) is 0 Å². The summed E-state index contributed by atoms with van der Waals surface area (Å²) in [6, 6.07) is 2.30. The summed E-state index contributed by atoms with van der Waals surface area (Å²) in [6.45, 7) is 4.90. The zero-order valence-electron chi connectivity index (χ0n) is 10.2. The van der Waals surface area contributed by atoms with E-state index in [1.807, 2.05) is 6.07 Å². The number of nitriles is 1. The average molecular weight is 223 g/mol. The molecule has 1 unspecified atom stereocenters. The maximum atomic E-state index is 11.3. The summed E-state index contributed by atoms with van der Waals surface area (Å²) in [4.78, 5) is 11.3. The van der Waals surface area contributed by atoms with Gasteiger partial charge in [-0.15, -0.1) is 0 Å². The van der Waals surface area contributed by atoms with Gasteiger partial charge in [-0.3, -0.25) is 4.79 Å². The average Bonchev–Trinajstić information content (AvgIpc) is 2.24. The van der Waals surface area contributed by atoms with Crippen LogP contribution < -0.4 is 10.6 Å². The van der Waals surface area contributed by atoms with Gasteiger partial charge in [0, 0.05) is 6.04 Å². The molecule has 1 rings (SSSR count). The van der Waals surface area contributed by atoms with Gasteiger partial charge < -0.3 is 10.6 Å². The Morgan fingerprint density at radius 3 is 2.88 bits per heavy atom. The first-order chi connectivity index (χ1) is 7.56. The fourth-order valence-corrected chi connectivity index (χ4v) is 2.29. The van der Waals surface area contributed by atoms with Crippen molar-refractivity contribution in [3.05, 3.63) is 0 Å². The van der Waals surface area contributed by atoms with E-state index < -0.39 is 0 Å². The number of carbonyl (C=O) groups excluding carboxylic acids is 1. The van der Waals surface area contributed by atoms with Crippen LogP contribution in [0.5, 0.6) is 0 Å². The summed E-state index contributed by atoms with van der Waals surface area (Å²) in [5.74, 6) is -0.0945. The van der Waals surface area contributed by atoms with Crippen LogP contribution in [0.3, 0.4) is 0 Å². The van der Waals surface area contributed by atoms with Crippen LogP contribution in [-0.2, 0) is 4.79 Å². The molecule has 0 bridgehead atoms. The molecule has 1 aliphatic rings. The molecule has 0 aromatic rings. The van der Waals surface area contributed by atoms with Crippen molar-refractivity contribution in [3.8, 4) is 6.07 Å². The summed E-state index contributed by atoms with van der Waals surface area (Å²) >= 11 is 0. The zero-order chi connectivity index (χ0) is 12.0. The maximum absolute atomic E-state index is 11.3. The summed E-state index contributed by atoms with van der Waals surface area (Å²) in [7, 11) is 0. The largest absolute Gasteiger partial charge is 0.342 e. The van der Waals surface area contributed by atoms with E-state index >= 15 is 0 Å². The van der Waals surface area contributed by atoms with E-state index in [1.165, 1.54) is 19.3 Å². The van der Waals surface area contributed by atoms with E-state index in [2.05, 4.69) is 24.5 Å². The second-order valence-electron chi connectivity index (χ2n) is 5.10. The number of carbonyl (C=O) groups is 1. The monoisotopic (exact) mass is 223 g/mol. The summed E-state index contributed by atoms with van der Waals surface area (Å²) in [5.41, 5.74) is 0.272. The van der Waals surface area contributed by atoms with Gasteiger partial charge in [0.25, 0.3) is 0 Å². The number of rotatable bonds is 4. The van der Waals surface area contributed by atoms with Crippen molar-refractivity contribution >= 4 is 5.91 Å². The van der Waals surface area contributed by atoms with Crippen LogP contribution in [0.4, 0.5) is 0 Å². The van der Waals surface area contributed by atoms with Crippen LogP contribution in [0.25, 0.3) is 0 Å². The van der Waals surface area contributed by atoms with E-state index in [9.17, 15) is 4.79 Å². The highest BCUT2D eigenvalue weighted by molar-refractivity contribution is 5.78. The van der Waals surface area contributed by atoms with Gasteiger partial charge >= 0.3 is 0 Å². The van der Waals surface area contributed by atoms with Gasteiger partial charge in [0.1, 0.15) is 6.54 Å². The molecular weight excluding hydrogens is 202 g/mol. The smallest absolute Gasteiger partial charge is 0.234 e. The van der Waals surface area contributed by atoms with Gasteiger partial charge in [0.2, 0.25) is 5.91 Å². The Bertz CT molecular complexity index is 280. The lowest BCUT2D eigenvalue weighted by molar-refractivity contribution is -0.120. The molecule has 1 aliphatic carbocycles. The quantitative estimate of drug-likeness (QED) is 0.703. The summed E-state index contributed by atoms with van der Waals surface area (Å²) in [6.07, 6.45) is 4.87. The zero-order valence-corrected chi connectivity index (χ0v) is 10.2. The predicted molar refractivity (Wildman–Crippen MR) is 62.7 cm³/mol. The van der Waals surface area contributed by atoms with Crippen LogP contribution in [-0.4, -0.2) is 25.0 Å². The molecule has 1 fully saturated rings. The normalized spacial score (nSPS) is 23.4. The molecule has 1 atom stereocenters. The molecule has 4 heteroatoms. The Morgan fingerprint density at radius 1 is 1.50 bits per heavy atom. The van der Waals surface area contributed by atoms with E-state index in [0.717, 1.165) is 6.42 Å². The summed E-state index contributed by atoms with van der Waals surface area (Å²) in [5, 5.41) is 14.2. The highest BCUT2D eigenvalue weighted by Gasteiger charge is 2.31. The fourth-order valence-electron chi connectivity index (χ4n) is 2.29. The van der Waals surface area contributed by atoms with Crippen molar-refractivity contribution in [1.29, 1.82) is 5.26 Å². The molecule has 4 nitrogen and oxygen atoms in total. The lowest BCUT2D eigenvalue weighted by Gasteiger charge is -2.39. The van der Waals surface area contributed by atoms with Crippen LogP contribution in [0, 0.1) is 16.7 Å². The number of nitrogens with zero attached hydrogens (tertiary/aromatic N) is 1.